The third-order valence-electron chi connectivity index (χ3n) is 7.14. The van der Waals surface area contributed by atoms with Gasteiger partial charge in [0.25, 0.3) is 5.91 Å². The number of carboxylic acid groups (broad SMARTS) is 1. The van der Waals surface area contributed by atoms with E-state index in [1.807, 2.05) is 50.2 Å². The second kappa shape index (κ2) is 11.0. The van der Waals surface area contributed by atoms with Gasteiger partial charge in [-0.05, 0) is 81.2 Å². The summed E-state index contributed by atoms with van der Waals surface area (Å²) in [6, 6.07) is 13.4. The summed E-state index contributed by atoms with van der Waals surface area (Å²) >= 11 is 0. The number of aliphatic carboxylic acids is 1. The van der Waals surface area contributed by atoms with Crippen molar-refractivity contribution < 1.29 is 23.8 Å². The minimum absolute atomic E-state index is 0.232. The van der Waals surface area contributed by atoms with Gasteiger partial charge < -0.3 is 19.6 Å². The van der Waals surface area contributed by atoms with Crippen LogP contribution in [0.3, 0.4) is 0 Å². The molecular weight excluding hydrogens is 458 g/mol. The number of hydrogen-bond acceptors (Lipinski definition) is 5. The molecule has 0 saturated heterocycles. The Bertz CT molecular complexity index is 1300. The van der Waals surface area contributed by atoms with E-state index in [9.17, 15) is 14.4 Å². The number of ether oxygens (including phenoxy) is 1. The van der Waals surface area contributed by atoms with Crippen LogP contribution in [0.4, 0.5) is 0 Å². The molecule has 1 amide bonds. The van der Waals surface area contributed by atoms with E-state index in [-0.39, 0.29) is 23.4 Å². The second-order valence-electron chi connectivity index (χ2n) is 9.85. The average molecular weight is 492 g/mol. The fourth-order valence-electron chi connectivity index (χ4n) is 4.98. The van der Waals surface area contributed by atoms with E-state index in [0.717, 1.165) is 29.5 Å². The third kappa shape index (κ3) is 5.78. The van der Waals surface area contributed by atoms with Crippen LogP contribution < -0.4 is 15.7 Å². The normalized spacial score (nSPS) is 18.5. The highest BCUT2D eigenvalue weighted by Gasteiger charge is 2.27. The van der Waals surface area contributed by atoms with Crippen molar-refractivity contribution >= 4 is 22.8 Å². The maximum atomic E-state index is 12.8. The first-order chi connectivity index (χ1) is 17.2. The van der Waals surface area contributed by atoms with E-state index in [0.29, 0.717) is 48.1 Å². The summed E-state index contributed by atoms with van der Waals surface area (Å²) in [5.41, 5.74) is 3.28. The van der Waals surface area contributed by atoms with Crippen molar-refractivity contribution in [2.24, 2.45) is 11.8 Å². The lowest BCUT2D eigenvalue weighted by molar-refractivity contribution is -0.143. The van der Waals surface area contributed by atoms with Crippen molar-refractivity contribution in [3.63, 3.8) is 0 Å². The fourth-order valence-corrected chi connectivity index (χ4v) is 4.98. The maximum absolute atomic E-state index is 12.8. The molecule has 0 spiro atoms. The molecule has 4 rings (SSSR count). The quantitative estimate of drug-likeness (QED) is 0.440. The molecule has 1 saturated carbocycles. The summed E-state index contributed by atoms with van der Waals surface area (Å²) in [5.74, 6) is -0.463. The van der Waals surface area contributed by atoms with Gasteiger partial charge in [-0.3, -0.25) is 9.59 Å². The van der Waals surface area contributed by atoms with E-state index >= 15 is 0 Å². The predicted octanol–water partition coefficient (Wildman–Crippen LogP) is 4.78. The molecule has 7 heteroatoms. The number of fused-ring (bicyclic) bond motifs is 1. The topological polar surface area (TPSA) is 106 Å². The summed E-state index contributed by atoms with van der Waals surface area (Å²) in [6.07, 6.45) is 2.56. The molecule has 1 heterocycles. The number of benzene rings is 2. The van der Waals surface area contributed by atoms with Crippen LogP contribution in [-0.4, -0.2) is 29.6 Å². The van der Waals surface area contributed by atoms with Crippen LogP contribution in [0.15, 0.2) is 51.7 Å². The first-order valence-corrected chi connectivity index (χ1v) is 12.5. The molecule has 1 fully saturated rings. The number of carbonyl (C=O) groups excluding carboxylic acids is 1. The van der Waals surface area contributed by atoms with Gasteiger partial charge in [0, 0.05) is 18.5 Å². The van der Waals surface area contributed by atoms with Gasteiger partial charge in [0.15, 0.2) is 6.10 Å². The molecule has 1 atom stereocenters. The lowest BCUT2D eigenvalue weighted by Crippen LogP contribution is -2.39. The predicted molar refractivity (Wildman–Crippen MR) is 137 cm³/mol. The zero-order valence-corrected chi connectivity index (χ0v) is 21.0. The van der Waals surface area contributed by atoms with E-state index < -0.39 is 12.1 Å². The molecule has 1 aliphatic carbocycles. The van der Waals surface area contributed by atoms with E-state index in [4.69, 9.17) is 14.3 Å². The van der Waals surface area contributed by atoms with Crippen LogP contribution in [0.2, 0.25) is 0 Å². The molecule has 2 aromatic carbocycles. The lowest BCUT2D eigenvalue weighted by Gasteiger charge is -2.26. The van der Waals surface area contributed by atoms with Crippen molar-refractivity contribution in [1.29, 1.82) is 0 Å². The molecule has 0 radical (unpaired) electrons. The summed E-state index contributed by atoms with van der Waals surface area (Å²) in [4.78, 5) is 36.8. The minimum atomic E-state index is -0.755. The highest BCUT2D eigenvalue weighted by atomic mass is 16.5. The molecule has 0 bridgehead atoms. The van der Waals surface area contributed by atoms with Crippen molar-refractivity contribution in [2.75, 3.05) is 6.54 Å². The Hall–Kier alpha value is -3.61. The molecule has 1 aromatic heterocycles. The van der Waals surface area contributed by atoms with Crippen LogP contribution in [0, 0.1) is 25.7 Å². The Morgan fingerprint density at radius 2 is 1.81 bits per heavy atom. The molecule has 3 aromatic rings. The number of hydrogen-bond donors (Lipinski definition) is 2. The Labute approximate surface area is 210 Å². The fraction of sp³-hybridized carbons (Fsp3) is 0.414. The Morgan fingerprint density at radius 3 is 2.47 bits per heavy atom. The van der Waals surface area contributed by atoms with Crippen molar-refractivity contribution in [3.8, 4) is 5.75 Å². The van der Waals surface area contributed by atoms with Crippen LogP contribution in [0.1, 0.15) is 54.9 Å². The molecule has 7 nitrogen and oxygen atoms in total. The first kappa shape index (κ1) is 25.5. The summed E-state index contributed by atoms with van der Waals surface area (Å²) in [6.45, 7) is 5.97. The van der Waals surface area contributed by atoms with Gasteiger partial charge >= 0.3 is 11.6 Å². The van der Waals surface area contributed by atoms with Gasteiger partial charge in [0.1, 0.15) is 11.3 Å². The maximum Gasteiger partial charge on any atom is 0.340 e. The number of amides is 1. The molecule has 2 N–H and O–H groups in total. The van der Waals surface area contributed by atoms with Gasteiger partial charge in [0.05, 0.1) is 11.3 Å². The third-order valence-corrected chi connectivity index (χ3v) is 7.14. The number of aryl methyl sites for hydroxylation is 2. The number of rotatable bonds is 8. The van der Waals surface area contributed by atoms with Crippen molar-refractivity contribution in [3.05, 3.63) is 75.1 Å². The average Bonchev–Trinajstić information content (AvgIpc) is 2.85. The van der Waals surface area contributed by atoms with Crippen molar-refractivity contribution in [2.45, 2.75) is 59.0 Å². The Morgan fingerprint density at radius 1 is 1.11 bits per heavy atom. The zero-order valence-electron chi connectivity index (χ0n) is 21.0. The van der Waals surface area contributed by atoms with Crippen molar-refractivity contribution in [1.82, 2.24) is 5.32 Å². The van der Waals surface area contributed by atoms with Gasteiger partial charge in [-0.2, -0.15) is 0 Å². The van der Waals surface area contributed by atoms with Gasteiger partial charge in [-0.1, -0.05) is 30.3 Å². The van der Waals surface area contributed by atoms with Gasteiger partial charge in [-0.15, -0.1) is 0 Å². The smallest absolute Gasteiger partial charge is 0.340 e. The van der Waals surface area contributed by atoms with Crippen LogP contribution in [-0.2, 0) is 16.0 Å². The highest BCUT2D eigenvalue weighted by molar-refractivity contribution is 5.89. The minimum Gasteiger partial charge on any atom is -0.481 e. The molecule has 1 aliphatic rings. The van der Waals surface area contributed by atoms with E-state index in [2.05, 4.69) is 5.32 Å². The summed E-state index contributed by atoms with van der Waals surface area (Å²) < 4.78 is 11.8. The van der Waals surface area contributed by atoms with Crippen LogP contribution in [0.25, 0.3) is 11.0 Å². The van der Waals surface area contributed by atoms with Gasteiger partial charge in [0.2, 0.25) is 0 Å². The molecule has 0 aliphatic heterocycles. The number of nitrogens with one attached hydrogen (secondary N) is 1. The molecule has 0 unspecified atom stereocenters. The second-order valence-corrected chi connectivity index (χ2v) is 9.85. The molecular formula is C29H33NO6. The number of carbonyl (C=O) groups is 2. The standard InChI is InChI=1S/C29H33NO6/c1-17-13-24(35-19(3)27(31)30-16-21-9-11-22(12-10-21)28(32)33)26-18(2)23(29(34)36-25(26)14-17)15-20-7-5-4-6-8-20/h4-8,13-14,19,21-22H,9-12,15-16H2,1-3H3,(H,30,31)(H,32,33)/t19-,21?,22?/m1/s1. The summed E-state index contributed by atoms with van der Waals surface area (Å²) in [7, 11) is 0. The number of carboxylic acids is 1. The van der Waals surface area contributed by atoms with Crippen LogP contribution in [0.5, 0.6) is 5.75 Å². The van der Waals surface area contributed by atoms with Gasteiger partial charge in [-0.25, -0.2) is 4.79 Å². The first-order valence-electron chi connectivity index (χ1n) is 12.5. The Kier molecular flexibility index (Phi) is 7.77. The van der Waals surface area contributed by atoms with Crippen LogP contribution >= 0.6 is 0 Å². The molecule has 190 valence electrons. The zero-order chi connectivity index (χ0) is 25.8. The Balaban J connectivity index is 1.50. The highest BCUT2D eigenvalue weighted by Crippen LogP contribution is 2.32. The lowest BCUT2D eigenvalue weighted by atomic mass is 9.82. The largest absolute Gasteiger partial charge is 0.481 e. The van der Waals surface area contributed by atoms with E-state index in [1.54, 1.807) is 13.0 Å². The SMILES string of the molecule is Cc1cc(O[C@H](C)C(=O)NCC2CCC(C(=O)O)CC2)c2c(C)c(Cc3ccccc3)c(=O)oc2c1. The summed E-state index contributed by atoms with van der Waals surface area (Å²) in [5, 5.41) is 12.8. The monoisotopic (exact) mass is 491 g/mol. The van der Waals surface area contributed by atoms with E-state index in [1.165, 1.54) is 0 Å². The molecule has 36 heavy (non-hydrogen) atoms.